The van der Waals surface area contributed by atoms with E-state index in [1.54, 1.807) is 19.9 Å². The van der Waals surface area contributed by atoms with Crippen LogP contribution in [0.5, 0.6) is 0 Å². The maximum absolute atomic E-state index is 13.4. The number of rotatable bonds is 14. The van der Waals surface area contributed by atoms with E-state index in [9.17, 15) is 81.1 Å². The van der Waals surface area contributed by atoms with Gasteiger partial charge in [0.2, 0.25) is 0 Å². The van der Waals surface area contributed by atoms with Gasteiger partial charge in [-0.2, -0.15) is 0 Å². The Morgan fingerprint density at radius 2 is 1.22 bits per heavy atom. The molecule has 4 heterocycles. The molecule has 474 valence electrons. The van der Waals surface area contributed by atoms with E-state index >= 15 is 0 Å². The summed E-state index contributed by atoms with van der Waals surface area (Å²) in [6, 6.07) is 0. The molecule has 25 nitrogen and oxygen atoms in total. The highest BCUT2D eigenvalue weighted by Crippen LogP contribution is 2.76. The fraction of sp³-hybridized carbons (Fsp3) is 0.897. The van der Waals surface area contributed by atoms with Gasteiger partial charge in [0.25, 0.3) is 0 Å². The molecule has 0 spiro atoms. The van der Waals surface area contributed by atoms with Crippen LogP contribution in [0.4, 0.5) is 0 Å². The van der Waals surface area contributed by atoms with Gasteiger partial charge in [0, 0.05) is 5.57 Å². The summed E-state index contributed by atoms with van der Waals surface area (Å²) >= 11 is 0. The zero-order valence-electron chi connectivity index (χ0n) is 48.8. The van der Waals surface area contributed by atoms with E-state index in [1.165, 1.54) is 5.57 Å². The van der Waals surface area contributed by atoms with Crippen LogP contribution in [0.1, 0.15) is 114 Å². The summed E-state index contributed by atoms with van der Waals surface area (Å²) in [5.41, 5.74) is -1.80. The van der Waals surface area contributed by atoms with Crippen LogP contribution in [-0.2, 0) is 52.2 Å². The summed E-state index contributed by atoms with van der Waals surface area (Å²) in [7, 11) is 0. The summed E-state index contributed by atoms with van der Waals surface area (Å²) in [6.07, 6.45) is -29.8. The fourth-order valence-corrected chi connectivity index (χ4v) is 17.1. The average Bonchev–Trinajstić information content (AvgIpc) is 0.728. The largest absolute Gasteiger partial charge is 0.479 e. The molecule has 0 aromatic heterocycles. The van der Waals surface area contributed by atoms with Crippen LogP contribution in [0, 0.1) is 50.2 Å². The maximum Gasteiger partial charge on any atom is 0.335 e. The van der Waals surface area contributed by atoms with Gasteiger partial charge in [0.1, 0.15) is 91.6 Å². The molecule has 0 aromatic carbocycles. The number of aliphatic hydroxyl groups excluding tert-OH is 13. The topological polar surface area (TPSA) is 400 Å². The highest BCUT2D eigenvalue weighted by atomic mass is 16.8. The van der Waals surface area contributed by atoms with Crippen molar-refractivity contribution in [2.24, 2.45) is 50.2 Å². The number of hydrogen-bond acceptors (Lipinski definition) is 24. The Morgan fingerprint density at radius 3 is 1.77 bits per heavy atom. The zero-order chi connectivity index (χ0) is 61.0. The molecule has 29 unspecified atom stereocenters. The van der Waals surface area contributed by atoms with Crippen LogP contribution in [0.2, 0.25) is 0 Å². The molecule has 5 aliphatic carbocycles. The number of esters is 1. The van der Waals surface area contributed by atoms with E-state index in [-0.39, 0.29) is 40.6 Å². The van der Waals surface area contributed by atoms with Gasteiger partial charge in [-0.3, -0.25) is 0 Å². The van der Waals surface area contributed by atoms with Crippen molar-refractivity contribution in [2.75, 3.05) is 26.4 Å². The van der Waals surface area contributed by atoms with Crippen LogP contribution in [0.3, 0.4) is 0 Å². The number of carboxylic acid groups (broad SMARTS) is 1. The second kappa shape index (κ2) is 23.8. The van der Waals surface area contributed by atoms with Crippen LogP contribution in [-0.4, -0.2) is 245 Å². The molecular weight excluding hydrogens is 1100 g/mol. The molecule has 0 bridgehead atoms. The van der Waals surface area contributed by atoms with Crippen molar-refractivity contribution in [2.45, 2.75) is 249 Å². The number of fused-ring (bicyclic) bond motifs is 7. The third-order valence-corrected chi connectivity index (χ3v) is 22.1. The van der Waals surface area contributed by atoms with Gasteiger partial charge in [-0.25, -0.2) is 9.59 Å². The first kappa shape index (κ1) is 65.0. The second-order valence-corrected chi connectivity index (χ2v) is 27.5. The molecule has 0 amide bonds. The smallest absolute Gasteiger partial charge is 0.335 e. The molecule has 4 saturated heterocycles. The minimum absolute atomic E-state index is 0.0572. The van der Waals surface area contributed by atoms with Crippen molar-refractivity contribution >= 4 is 11.9 Å². The summed E-state index contributed by atoms with van der Waals surface area (Å²) in [5, 5.41) is 154. The Kier molecular flexibility index (Phi) is 18.7. The maximum atomic E-state index is 13.4. The molecule has 4 saturated carbocycles. The molecule has 83 heavy (non-hydrogen) atoms. The molecule has 25 heteroatoms. The van der Waals surface area contributed by atoms with E-state index in [2.05, 4.69) is 54.5 Å². The van der Waals surface area contributed by atoms with Crippen LogP contribution < -0.4 is 0 Å². The summed E-state index contributed by atoms with van der Waals surface area (Å²) in [4.78, 5) is 26.8. The first-order chi connectivity index (χ1) is 38.8. The van der Waals surface area contributed by atoms with Crippen molar-refractivity contribution in [3.05, 3.63) is 23.3 Å². The van der Waals surface area contributed by atoms with Gasteiger partial charge in [-0.1, -0.05) is 66.2 Å². The number of carboxylic acids is 1. The number of aliphatic carboxylic acids is 1. The summed E-state index contributed by atoms with van der Waals surface area (Å²) < 4.78 is 54.4. The quantitative estimate of drug-likeness (QED) is 0.0413. The first-order valence-electron chi connectivity index (χ1n) is 29.4. The molecule has 29 atom stereocenters. The average molecular weight is 1190 g/mol. The van der Waals surface area contributed by atoms with E-state index in [4.69, 9.17) is 42.6 Å². The Labute approximate surface area is 483 Å². The van der Waals surface area contributed by atoms with Crippen molar-refractivity contribution in [1.82, 2.24) is 0 Å². The fourth-order valence-electron chi connectivity index (χ4n) is 17.1. The van der Waals surface area contributed by atoms with Crippen LogP contribution in [0.15, 0.2) is 23.3 Å². The highest BCUT2D eigenvalue weighted by Gasteiger charge is 2.72. The minimum atomic E-state index is -2.16. The Balaban J connectivity index is 1.00. The van der Waals surface area contributed by atoms with Gasteiger partial charge in [0.15, 0.2) is 31.3 Å². The number of carbonyl (C=O) groups excluding carboxylic acids is 1. The van der Waals surface area contributed by atoms with E-state index < -0.39 is 183 Å². The van der Waals surface area contributed by atoms with Crippen molar-refractivity contribution < 1.29 is 124 Å². The monoisotopic (exact) mass is 1190 g/mol. The standard InChI is InChI=1S/C58H92O25/c1-10-24(2)48(74)78-34-19-53(3,4)17-26-25-11-12-31-55(7)15-14-33(54(5,6)30(55)13-16-56(31,8)57(25,9)18-32(63)58(26,34)23-61)79-52-45(82-50-41(70)39(68)37(66)29(21-60)77-50)42(71)43(46(83-52)47(72)73)80-51-44(35(64)27(62)22-75-51)81-49-40(69)38(67)36(65)28(20-59)76-49/h10-11,26-46,49-52,59-71H,12-23H2,1-9H3,(H,72,73)/b24-10-. The van der Waals surface area contributed by atoms with E-state index in [1.807, 2.05) is 0 Å². The van der Waals surface area contributed by atoms with Crippen LogP contribution in [0.25, 0.3) is 0 Å². The Morgan fingerprint density at radius 1 is 0.639 bits per heavy atom. The van der Waals surface area contributed by atoms with Gasteiger partial charge >= 0.3 is 11.9 Å². The lowest BCUT2D eigenvalue weighted by Gasteiger charge is -2.72. The van der Waals surface area contributed by atoms with Gasteiger partial charge in [-0.05, 0) is 110 Å². The van der Waals surface area contributed by atoms with Gasteiger partial charge < -0.3 is 114 Å². The van der Waals surface area contributed by atoms with Crippen molar-refractivity contribution in [3.8, 4) is 0 Å². The van der Waals surface area contributed by atoms with E-state index in [0.717, 1.165) is 6.42 Å². The number of allylic oxidation sites excluding steroid dienone is 3. The minimum Gasteiger partial charge on any atom is -0.479 e. The SMILES string of the molecule is C/C=C(/C)C(=O)OC1CC(C)(C)CC2C3=CCC4C5(C)CCC(OC6OC(C(=O)O)C(OC7OCC(O)C(O)C7OC7OC(CO)C(O)C(O)C7O)C(O)C6OC6OC(CO)C(O)C(O)C6O)C(C)(C)C5CCC4(C)C3(C)CC(O)C12CO. The van der Waals surface area contributed by atoms with Crippen LogP contribution >= 0.6 is 0 Å². The number of carbonyl (C=O) groups is 2. The predicted octanol–water partition coefficient (Wildman–Crippen LogP) is -1.37. The van der Waals surface area contributed by atoms with Gasteiger partial charge in [-0.15, -0.1) is 0 Å². The van der Waals surface area contributed by atoms with E-state index in [0.29, 0.717) is 50.5 Å². The number of aliphatic hydroxyl groups is 13. The molecule has 4 aliphatic heterocycles. The highest BCUT2D eigenvalue weighted by molar-refractivity contribution is 5.87. The number of ether oxygens (including phenoxy) is 9. The molecular formula is C58H92O25. The second-order valence-electron chi connectivity index (χ2n) is 27.5. The summed E-state index contributed by atoms with van der Waals surface area (Å²) in [6.45, 7) is 16.0. The molecule has 8 fully saturated rings. The predicted molar refractivity (Wildman–Crippen MR) is 283 cm³/mol. The molecule has 9 rings (SSSR count). The Bertz CT molecular complexity index is 2380. The molecule has 9 aliphatic rings. The lowest BCUT2D eigenvalue weighted by Crippen LogP contribution is -2.70. The summed E-state index contributed by atoms with van der Waals surface area (Å²) in [5.74, 6) is -2.45. The lowest BCUT2D eigenvalue weighted by atomic mass is 9.33. The number of hydrogen-bond donors (Lipinski definition) is 14. The lowest BCUT2D eigenvalue weighted by molar-refractivity contribution is -0.396. The Hall–Kier alpha value is -2.42. The first-order valence-corrected chi connectivity index (χ1v) is 29.4. The normalized spacial score (nSPS) is 51.5. The van der Waals surface area contributed by atoms with Crippen molar-refractivity contribution in [1.29, 1.82) is 0 Å². The third-order valence-electron chi connectivity index (χ3n) is 22.1. The van der Waals surface area contributed by atoms with Crippen molar-refractivity contribution in [3.63, 3.8) is 0 Å². The molecule has 0 radical (unpaired) electrons. The molecule has 0 aromatic rings. The van der Waals surface area contributed by atoms with Gasteiger partial charge in [0.05, 0.1) is 44.1 Å². The zero-order valence-corrected chi connectivity index (χ0v) is 48.8. The third kappa shape index (κ3) is 10.8. The molecule has 14 N–H and O–H groups in total.